The lowest BCUT2D eigenvalue weighted by Gasteiger charge is -2.34. The van der Waals surface area contributed by atoms with Crippen molar-refractivity contribution in [1.29, 1.82) is 5.26 Å². The quantitative estimate of drug-likeness (QED) is 0.350. The third-order valence-electron chi connectivity index (χ3n) is 7.31. The zero-order chi connectivity index (χ0) is 27.1. The van der Waals surface area contributed by atoms with E-state index in [0.717, 1.165) is 72.3 Å². The molecule has 38 heavy (non-hydrogen) atoms. The molecule has 3 aromatic rings. The van der Waals surface area contributed by atoms with Gasteiger partial charge < -0.3 is 25.0 Å². The van der Waals surface area contributed by atoms with Gasteiger partial charge in [0, 0.05) is 48.6 Å². The maximum absolute atomic E-state index is 13.0. The van der Waals surface area contributed by atoms with Crippen LogP contribution >= 0.6 is 11.3 Å². The molecule has 1 saturated carbocycles. The van der Waals surface area contributed by atoms with E-state index >= 15 is 0 Å². The summed E-state index contributed by atoms with van der Waals surface area (Å²) in [7, 11) is 5.52. The molecule has 0 saturated heterocycles. The van der Waals surface area contributed by atoms with Crippen molar-refractivity contribution in [3.63, 3.8) is 0 Å². The molecule has 1 atom stereocenters. The van der Waals surface area contributed by atoms with E-state index in [9.17, 15) is 10.1 Å². The van der Waals surface area contributed by atoms with Crippen LogP contribution in [0.4, 0.5) is 5.69 Å². The van der Waals surface area contributed by atoms with Crippen LogP contribution in [0.25, 0.3) is 22.0 Å². The summed E-state index contributed by atoms with van der Waals surface area (Å²) in [4.78, 5) is 20.0. The molecule has 4 rings (SSSR count). The lowest BCUT2D eigenvalue weighted by Crippen LogP contribution is -2.43. The molecule has 1 unspecified atom stereocenters. The van der Waals surface area contributed by atoms with Gasteiger partial charge in [-0.2, -0.15) is 5.26 Å². The predicted octanol–water partition coefficient (Wildman–Crippen LogP) is 5.16. The minimum atomic E-state index is -0.135. The van der Waals surface area contributed by atoms with Crippen molar-refractivity contribution in [3.05, 3.63) is 40.7 Å². The Morgan fingerprint density at radius 2 is 2.00 bits per heavy atom. The molecule has 1 heterocycles. The molecule has 0 spiro atoms. The highest BCUT2D eigenvalue weighted by atomic mass is 32.1. The summed E-state index contributed by atoms with van der Waals surface area (Å²) in [5.74, 6) is 0.481. The molecule has 1 aliphatic carbocycles. The van der Waals surface area contributed by atoms with Gasteiger partial charge >= 0.3 is 0 Å². The lowest BCUT2D eigenvalue weighted by atomic mass is 9.90. The number of anilines is 1. The first-order valence-corrected chi connectivity index (χ1v) is 14.0. The Morgan fingerprint density at radius 1 is 1.24 bits per heavy atom. The smallest absolute Gasteiger partial charge is 0.280 e. The van der Waals surface area contributed by atoms with Crippen LogP contribution in [0.5, 0.6) is 5.75 Å². The second-order valence-corrected chi connectivity index (χ2v) is 10.8. The number of ether oxygens (including phenoxy) is 2. The van der Waals surface area contributed by atoms with Crippen molar-refractivity contribution in [2.45, 2.75) is 44.7 Å². The topological polar surface area (TPSA) is 99.5 Å². The number of thiazole rings is 1. The third kappa shape index (κ3) is 6.62. The lowest BCUT2D eigenvalue weighted by molar-refractivity contribution is 0.0896. The van der Waals surface area contributed by atoms with Crippen molar-refractivity contribution < 1.29 is 14.3 Å². The molecule has 2 aromatic carbocycles. The highest BCUT2D eigenvalue weighted by molar-refractivity contribution is 7.12. The molecule has 2 N–H and O–H groups in total. The number of hydrogen-bond donors (Lipinski definition) is 2. The molecule has 0 radical (unpaired) electrons. The second kappa shape index (κ2) is 13.1. The van der Waals surface area contributed by atoms with Crippen LogP contribution in [0.3, 0.4) is 0 Å². The SMILES string of the molecule is COCCN(C)C1CCC(NC(=O)c2nc(-c3ccc4ccc(OC)c(NCC(C)C#N)c4c3)cs2)CC1. The molecule has 0 aliphatic heterocycles. The molecule has 1 fully saturated rings. The minimum Gasteiger partial charge on any atom is -0.495 e. The molecule has 9 heteroatoms. The number of aromatic nitrogens is 1. The van der Waals surface area contributed by atoms with E-state index in [-0.39, 0.29) is 17.9 Å². The Morgan fingerprint density at radius 3 is 2.71 bits per heavy atom. The van der Waals surface area contributed by atoms with Gasteiger partial charge in [-0.25, -0.2) is 4.98 Å². The first kappa shape index (κ1) is 27.8. The van der Waals surface area contributed by atoms with Crippen LogP contribution in [0.15, 0.2) is 35.7 Å². The van der Waals surface area contributed by atoms with Crippen LogP contribution in [-0.4, -0.2) is 68.8 Å². The van der Waals surface area contributed by atoms with Crippen molar-refractivity contribution in [1.82, 2.24) is 15.2 Å². The van der Waals surface area contributed by atoms with Crippen molar-refractivity contribution in [2.24, 2.45) is 5.92 Å². The molecule has 0 bridgehead atoms. The fourth-order valence-corrected chi connectivity index (χ4v) is 5.68. The van der Waals surface area contributed by atoms with E-state index in [2.05, 4.69) is 39.7 Å². The first-order valence-electron chi connectivity index (χ1n) is 13.1. The van der Waals surface area contributed by atoms with Crippen LogP contribution < -0.4 is 15.4 Å². The summed E-state index contributed by atoms with van der Waals surface area (Å²) in [5, 5.41) is 20.2. The number of rotatable bonds is 11. The van der Waals surface area contributed by atoms with Gasteiger partial charge in [0.2, 0.25) is 0 Å². The molecule has 1 amide bonds. The summed E-state index contributed by atoms with van der Waals surface area (Å²) < 4.78 is 10.8. The number of nitrogens with zero attached hydrogens (tertiary/aromatic N) is 3. The Bertz CT molecular complexity index is 1280. The van der Waals surface area contributed by atoms with E-state index < -0.39 is 0 Å². The number of hydrogen-bond acceptors (Lipinski definition) is 8. The van der Waals surface area contributed by atoms with Gasteiger partial charge in [0.05, 0.1) is 37.1 Å². The van der Waals surface area contributed by atoms with E-state index in [1.807, 2.05) is 36.6 Å². The van der Waals surface area contributed by atoms with Gasteiger partial charge in [-0.3, -0.25) is 4.79 Å². The summed E-state index contributed by atoms with van der Waals surface area (Å²) in [6.07, 6.45) is 4.08. The number of carbonyl (C=O) groups excluding carboxylic acids is 1. The Balaban J connectivity index is 1.45. The number of carbonyl (C=O) groups is 1. The minimum absolute atomic E-state index is 0.104. The van der Waals surface area contributed by atoms with Crippen LogP contribution in [0.2, 0.25) is 0 Å². The first-order chi connectivity index (χ1) is 18.4. The monoisotopic (exact) mass is 535 g/mol. The van der Waals surface area contributed by atoms with E-state index in [1.54, 1.807) is 14.2 Å². The predicted molar refractivity (Wildman–Crippen MR) is 153 cm³/mol. The Kier molecular flexibility index (Phi) is 9.56. The average Bonchev–Trinajstić information content (AvgIpc) is 3.45. The van der Waals surface area contributed by atoms with Gasteiger partial charge in [0.1, 0.15) is 5.75 Å². The number of amides is 1. The summed E-state index contributed by atoms with van der Waals surface area (Å²) >= 11 is 1.37. The Labute approximate surface area is 229 Å². The average molecular weight is 536 g/mol. The molecule has 202 valence electrons. The maximum atomic E-state index is 13.0. The van der Waals surface area contributed by atoms with Crippen molar-refractivity contribution >= 4 is 33.7 Å². The molecule has 1 aromatic heterocycles. The zero-order valence-electron chi connectivity index (χ0n) is 22.6. The fourth-order valence-electron chi connectivity index (χ4n) is 4.95. The summed E-state index contributed by atoms with van der Waals surface area (Å²) in [6.45, 7) is 4.06. The third-order valence-corrected chi connectivity index (χ3v) is 8.15. The van der Waals surface area contributed by atoms with E-state index in [0.29, 0.717) is 17.6 Å². The standard InChI is InChI=1S/C29H37N5O3S/c1-19(16-30)17-31-27-24-15-21(6-5-20(24)7-12-26(27)37-4)25-18-38-29(33-25)28(35)32-22-8-10-23(11-9-22)34(2)13-14-36-3/h5-7,12,15,18-19,22-23,31H,8-11,13-14,17H2,1-4H3,(H,32,35). The number of nitrogens with one attached hydrogen (secondary N) is 2. The van der Waals surface area contributed by atoms with Crippen LogP contribution in [0.1, 0.15) is 42.4 Å². The van der Waals surface area contributed by atoms with Crippen LogP contribution in [0, 0.1) is 17.2 Å². The second-order valence-electron chi connectivity index (χ2n) is 9.98. The maximum Gasteiger partial charge on any atom is 0.280 e. The Hall–Kier alpha value is -3.19. The van der Waals surface area contributed by atoms with E-state index in [1.165, 1.54) is 11.3 Å². The zero-order valence-corrected chi connectivity index (χ0v) is 23.4. The number of likely N-dealkylation sites (N-methyl/N-ethyl adjacent to an activating group) is 1. The molecular weight excluding hydrogens is 498 g/mol. The van der Waals surface area contributed by atoms with Gasteiger partial charge in [-0.1, -0.05) is 18.2 Å². The molecule has 8 nitrogen and oxygen atoms in total. The van der Waals surface area contributed by atoms with Gasteiger partial charge in [-0.05, 0) is 57.2 Å². The molecule has 1 aliphatic rings. The van der Waals surface area contributed by atoms with Crippen molar-refractivity contribution in [3.8, 4) is 23.1 Å². The normalized spacial score (nSPS) is 18.2. The van der Waals surface area contributed by atoms with Gasteiger partial charge in [0.15, 0.2) is 5.01 Å². The highest BCUT2D eigenvalue weighted by Gasteiger charge is 2.26. The number of fused-ring (bicyclic) bond motifs is 1. The summed E-state index contributed by atoms with van der Waals surface area (Å²) in [6, 6.07) is 13.1. The fraction of sp³-hybridized carbons (Fsp3) is 0.483. The van der Waals surface area contributed by atoms with E-state index in [4.69, 9.17) is 9.47 Å². The van der Waals surface area contributed by atoms with Crippen LogP contribution in [-0.2, 0) is 4.74 Å². The summed E-state index contributed by atoms with van der Waals surface area (Å²) in [5.41, 5.74) is 2.55. The van der Waals surface area contributed by atoms with Crippen molar-refractivity contribution in [2.75, 3.05) is 46.3 Å². The number of methoxy groups -OCH3 is 2. The van der Waals surface area contributed by atoms with Gasteiger partial charge in [0.25, 0.3) is 5.91 Å². The highest BCUT2D eigenvalue weighted by Crippen LogP contribution is 2.36. The van der Waals surface area contributed by atoms with Gasteiger partial charge in [-0.15, -0.1) is 11.3 Å². The number of nitriles is 1. The number of benzene rings is 2. The largest absolute Gasteiger partial charge is 0.495 e. The molecular formula is C29H37N5O3S.